The molecule has 5 nitrogen and oxygen atoms in total. The molecule has 0 atom stereocenters. The van der Waals surface area contributed by atoms with Crippen molar-refractivity contribution < 1.29 is 14.3 Å². The quantitative estimate of drug-likeness (QED) is 0.590. The topological polar surface area (TPSA) is 60.5 Å². The third-order valence-corrected chi connectivity index (χ3v) is 4.60. The molecular formula is C21H20N2O3S. The molecular weight excluding hydrogens is 360 g/mol. The van der Waals surface area contributed by atoms with Gasteiger partial charge in [0.2, 0.25) is 0 Å². The summed E-state index contributed by atoms with van der Waals surface area (Å²) in [5.74, 6) is 1.22. The zero-order valence-corrected chi connectivity index (χ0v) is 16.0. The minimum absolute atomic E-state index is 0.220. The Kier molecular flexibility index (Phi) is 5.88. The standard InChI is InChI=1S/C21H20N2O3S/c1-4-11-26-16-8-6-15(7-9-16)20(24)23-21-22-18(13-27-21)17-12-14(2)5-10-19(17)25-3/h4-10,12-13H,1,11H2,2-3H3,(H,22,23,24). The van der Waals surface area contributed by atoms with Crippen LogP contribution < -0.4 is 14.8 Å². The molecule has 2 aromatic carbocycles. The molecule has 0 saturated carbocycles. The smallest absolute Gasteiger partial charge is 0.257 e. The SMILES string of the molecule is C=CCOc1ccc(C(=O)Nc2nc(-c3cc(C)ccc3OC)cs2)cc1. The summed E-state index contributed by atoms with van der Waals surface area (Å²) < 4.78 is 10.8. The maximum atomic E-state index is 12.4. The molecule has 0 aliphatic rings. The number of carbonyl (C=O) groups is 1. The maximum absolute atomic E-state index is 12.4. The summed E-state index contributed by atoms with van der Waals surface area (Å²) in [6.45, 7) is 6.05. The summed E-state index contributed by atoms with van der Waals surface area (Å²) in [4.78, 5) is 17.0. The highest BCUT2D eigenvalue weighted by Crippen LogP contribution is 2.33. The summed E-state index contributed by atoms with van der Waals surface area (Å²) in [7, 11) is 1.63. The van der Waals surface area contributed by atoms with E-state index in [0.29, 0.717) is 23.1 Å². The van der Waals surface area contributed by atoms with Gasteiger partial charge in [0.25, 0.3) is 5.91 Å². The van der Waals surface area contributed by atoms with Crippen molar-refractivity contribution in [1.29, 1.82) is 0 Å². The first kappa shape index (κ1) is 18.7. The van der Waals surface area contributed by atoms with Crippen LogP contribution in [-0.4, -0.2) is 24.6 Å². The Morgan fingerprint density at radius 3 is 2.74 bits per heavy atom. The van der Waals surface area contributed by atoms with Crippen LogP contribution in [0.4, 0.5) is 5.13 Å². The van der Waals surface area contributed by atoms with E-state index in [1.165, 1.54) is 11.3 Å². The molecule has 0 fully saturated rings. The lowest BCUT2D eigenvalue weighted by molar-refractivity contribution is 0.102. The number of nitrogens with zero attached hydrogens (tertiary/aromatic N) is 1. The fourth-order valence-electron chi connectivity index (χ4n) is 2.50. The molecule has 0 unspecified atom stereocenters. The molecule has 0 aliphatic carbocycles. The lowest BCUT2D eigenvalue weighted by Crippen LogP contribution is -2.11. The number of benzene rings is 2. The van der Waals surface area contributed by atoms with E-state index in [2.05, 4.69) is 16.9 Å². The number of anilines is 1. The molecule has 1 heterocycles. The normalized spacial score (nSPS) is 10.3. The van der Waals surface area contributed by atoms with Crippen molar-refractivity contribution in [3.8, 4) is 22.8 Å². The van der Waals surface area contributed by atoms with Crippen LogP contribution in [-0.2, 0) is 0 Å². The number of rotatable bonds is 7. The first-order valence-corrected chi connectivity index (χ1v) is 9.24. The Morgan fingerprint density at radius 1 is 1.26 bits per heavy atom. The first-order chi connectivity index (χ1) is 13.1. The summed E-state index contributed by atoms with van der Waals surface area (Å²) in [6, 6.07) is 12.9. The number of hydrogen-bond acceptors (Lipinski definition) is 5. The Labute approximate surface area is 162 Å². The van der Waals surface area contributed by atoms with Crippen molar-refractivity contribution in [2.45, 2.75) is 6.92 Å². The van der Waals surface area contributed by atoms with Gasteiger partial charge in [-0.2, -0.15) is 0 Å². The van der Waals surface area contributed by atoms with Crippen LogP contribution in [0.5, 0.6) is 11.5 Å². The second-order valence-corrected chi connectivity index (χ2v) is 6.68. The molecule has 138 valence electrons. The van der Waals surface area contributed by atoms with E-state index >= 15 is 0 Å². The minimum Gasteiger partial charge on any atom is -0.496 e. The van der Waals surface area contributed by atoms with Crippen LogP contribution in [0.3, 0.4) is 0 Å². The molecule has 27 heavy (non-hydrogen) atoms. The van der Waals surface area contributed by atoms with E-state index in [4.69, 9.17) is 9.47 Å². The molecule has 3 rings (SSSR count). The first-order valence-electron chi connectivity index (χ1n) is 8.36. The van der Waals surface area contributed by atoms with Crippen molar-refractivity contribution in [2.75, 3.05) is 19.0 Å². The molecule has 3 aromatic rings. The van der Waals surface area contributed by atoms with Crippen molar-refractivity contribution in [1.82, 2.24) is 4.98 Å². The second-order valence-electron chi connectivity index (χ2n) is 5.82. The van der Waals surface area contributed by atoms with Gasteiger partial charge in [-0.15, -0.1) is 11.3 Å². The summed E-state index contributed by atoms with van der Waals surface area (Å²) in [5, 5.41) is 5.27. The lowest BCUT2D eigenvalue weighted by atomic mass is 10.1. The van der Waals surface area contributed by atoms with Gasteiger partial charge in [-0.3, -0.25) is 10.1 Å². The highest BCUT2D eigenvalue weighted by molar-refractivity contribution is 7.14. The van der Waals surface area contributed by atoms with Gasteiger partial charge in [-0.1, -0.05) is 24.3 Å². The van der Waals surface area contributed by atoms with Gasteiger partial charge in [-0.25, -0.2) is 4.98 Å². The Balaban J connectivity index is 1.73. The third kappa shape index (κ3) is 4.54. The van der Waals surface area contributed by atoms with E-state index in [0.717, 1.165) is 22.6 Å². The highest BCUT2D eigenvalue weighted by Gasteiger charge is 2.13. The number of aromatic nitrogens is 1. The third-order valence-electron chi connectivity index (χ3n) is 3.84. The summed E-state index contributed by atoms with van der Waals surface area (Å²) in [6.07, 6.45) is 1.67. The number of carbonyl (C=O) groups excluding carboxylic acids is 1. The van der Waals surface area contributed by atoms with Crippen LogP contribution in [0.15, 0.2) is 60.5 Å². The van der Waals surface area contributed by atoms with Crippen LogP contribution in [0.1, 0.15) is 15.9 Å². The van der Waals surface area contributed by atoms with Gasteiger partial charge in [-0.05, 0) is 43.3 Å². The maximum Gasteiger partial charge on any atom is 0.257 e. The number of methoxy groups -OCH3 is 1. The molecule has 0 radical (unpaired) electrons. The van der Waals surface area contributed by atoms with Gasteiger partial charge < -0.3 is 9.47 Å². The van der Waals surface area contributed by atoms with Crippen LogP contribution in [0.2, 0.25) is 0 Å². The fourth-order valence-corrected chi connectivity index (χ4v) is 3.21. The summed E-state index contributed by atoms with van der Waals surface area (Å²) in [5.41, 5.74) is 3.32. The number of aryl methyl sites for hydroxylation is 1. The molecule has 1 amide bonds. The molecule has 0 aliphatic heterocycles. The second kappa shape index (κ2) is 8.51. The average Bonchev–Trinajstić information content (AvgIpc) is 3.15. The van der Waals surface area contributed by atoms with Gasteiger partial charge in [0, 0.05) is 16.5 Å². The van der Waals surface area contributed by atoms with E-state index in [1.807, 2.05) is 30.5 Å². The van der Waals surface area contributed by atoms with Gasteiger partial charge in [0.15, 0.2) is 5.13 Å². The van der Waals surface area contributed by atoms with Crippen molar-refractivity contribution in [3.05, 3.63) is 71.6 Å². The van der Waals surface area contributed by atoms with E-state index in [1.54, 1.807) is 37.5 Å². The molecule has 0 spiro atoms. The van der Waals surface area contributed by atoms with Gasteiger partial charge >= 0.3 is 0 Å². The number of ether oxygens (including phenoxy) is 2. The minimum atomic E-state index is -0.220. The van der Waals surface area contributed by atoms with E-state index in [9.17, 15) is 4.79 Å². The largest absolute Gasteiger partial charge is 0.496 e. The predicted octanol–water partition coefficient (Wildman–Crippen LogP) is 4.94. The fraction of sp³-hybridized carbons (Fsp3) is 0.143. The van der Waals surface area contributed by atoms with Crippen LogP contribution in [0, 0.1) is 6.92 Å². The van der Waals surface area contributed by atoms with Crippen LogP contribution >= 0.6 is 11.3 Å². The Morgan fingerprint density at radius 2 is 2.04 bits per heavy atom. The lowest BCUT2D eigenvalue weighted by Gasteiger charge is -2.07. The van der Waals surface area contributed by atoms with Gasteiger partial charge in [0.05, 0.1) is 12.8 Å². The molecule has 0 saturated heterocycles. The average molecular weight is 380 g/mol. The number of amides is 1. The Hall–Kier alpha value is -3.12. The zero-order chi connectivity index (χ0) is 19.2. The molecule has 0 bridgehead atoms. The zero-order valence-electron chi connectivity index (χ0n) is 15.2. The summed E-state index contributed by atoms with van der Waals surface area (Å²) >= 11 is 1.37. The predicted molar refractivity (Wildman–Crippen MR) is 109 cm³/mol. The highest BCUT2D eigenvalue weighted by atomic mass is 32.1. The van der Waals surface area contributed by atoms with Crippen molar-refractivity contribution in [2.24, 2.45) is 0 Å². The number of hydrogen-bond donors (Lipinski definition) is 1. The molecule has 1 N–H and O–H groups in total. The van der Waals surface area contributed by atoms with Crippen molar-refractivity contribution >= 4 is 22.4 Å². The van der Waals surface area contributed by atoms with Crippen molar-refractivity contribution in [3.63, 3.8) is 0 Å². The monoisotopic (exact) mass is 380 g/mol. The van der Waals surface area contributed by atoms with Crippen LogP contribution in [0.25, 0.3) is 11.3 Å². The molecule has 6 heteroatoms. The Bertz CT molecular complexity index is 948. The number of nitrogens with one attached hydrogen (secondary N) is 1. The number of thiazole rings is 1. The molecule has 1 aromatic heterocycles. The van der Waals surface area contributed by atoms with E-state index in [-0.39, 0.29) is 5.91 Å². The van der Waals surface area contributed by atoms with Gasteiger partial charge in [0.1, 0.15) is 18.1 Å². The van der Waals surface area contributed by atoms with E-state index < -0.39 is 0 Å².